The van der Waals surface area contributed by atoms with E-state index in [1.54, 1.807) is 18.2 Å². The SMILES string of the molecule is COc1ccc(Cl)cc1NS(=O)(=O)c1ccc(-c2ccc(=O)[nH]n2)s1. The molecule has 2 heterocycles. The van der Waals surface area contributed by atoms with Gasteiger partial charge in [0.2, 0.25) is 0 Å². The number of aromatic amines is 1. The van der Waals surface area contributed by atoms with Gasteiger partial charge in [-0.15, -0.1) is 11.3 Å². The second kappa shape index (κ2) is 6.87. The number of thiophene rings is 1. The van der Waals surface area contributed by atoms with Crippen LogP contribution >= 0.6 is 22.9 Å². The summed E-state index contributed by atoms with van der Waals surface area (Å²) in [6.07, 6.45) is 0. The Bertz CT molecular complexity index is 1060. The maximum atomic E-state index is 12.6. The highest BCUT2D eigenvalue weighted by Crippen LogP contribution is 2.33. The number of halogens is 1. The van der Waals surface area contributed by atoms with Gasteiger partial charge in [-0.3, -0.25) is 9.52 Å². The van der Waals surface area contributed by atoms with Crippen molar-refractivity contribution in [2.45, 2.75) is 4.21 Å². The molecule has 0 spiro atoms. The number of anilines is 1. The quantitative estimate of drug-likeness (QED) is 0.689. The van der Waals surface area contributed by atoms with Crippen LogP contribution < -0.4 is 15.0 Å². The summed E-state index contributed by atoms with van der Waals surface area (Å²) in [6.45, 7) is 0. The number of sulfonamides is 1. The molecule has 0 atom stereocenters. The Kier molecular flexibility index (Phi) is 4.80. The molecule has 2 aromatic heterocycles. The molecule has 0 aliphatic carbocycles. The zero-order valence-electron chi connectivity index (χ0n) is 12.8. The summed E-state index contributed by atoms with van der Waals surface area (Å²) in [5, 5.41) is 6.58. The number of benzene rings is 1. The molecule has 0 bridgehead atoms. The fourth-order valence-corrected chi connectivity index (χ4v) is 4.55. The van der Waals surface area contributed by atoms with Crippen LogP contribution in [0.1, 0.15) is 0 Å². The monoisotopic (exact) mass is 397 g/mol. The molecule has 25 heavy (non-hydrogen) atoms. The molecule has 0 amide bonds. The van der Waals surface area contributed by atoms with E-state index in [1.807, 2.05) is 0 Å². The van der Waals surface area contributed by atoms with E-state index in [4.69, 9.17) is 16.3 Å². The van der Waals surface area contributed by atoms with Crippen LogP contribution in [0.5, 0.6) is 5.75 Å². The molecule has 0 fully saturated rings. The lowest BCUT2D eigenvalue weighted by atomic mass is 10.3. The molecule has 10 heteroatoms. The van der Waals surface area contributed by atoms with E-state index in [9.17, 15) is 13.2 Å². The van der Waals surface area contributed by atoms with Gasteiger partial charge in [0, 0.05) is 11.1 Å². The number of rotatable bonds is 5. The minimum absolute atomic E-state index is 0.0949. The van der Waals surface area contributed by atoms with Gasteiger partial charge in [-0.25, -0.2) is 13.5 Å². The molecule has 1 aromatic carbocycles. The maximum absolute atomic E-state index is 12.6. The van der Waals surface area contributed by atoms with Gasteiger partial charge in [0.1, 0.15) is 15.7 Å². The zero-order valence-corrected chi connectivity index (χ0v) is 15.2. The lowest BCUT2D eigenvalue weighted by molar-refractivity contribution is 0.417. The largest absolute Gasteiger partial charge is 0.495 e. The van der Waals surface area contributed by atoms with Gasteiger partial charge in [-0.2, -0.15) is 5.10 Å². The highest BCUT2D eigenvalue weighted by Gasteiger charge is 2.20. The third-order valence-electron chi connectivity index (χ3n) is 3.18. The first-order valence-electron chi connectivity index (χ1n) is 6.91. The molecule has 0 radical (unpaired) electrons. The molecule has 0 aliphatic rings. The highest BCUT2D eigenvalue weighted by atomic mass is 35.5. The van der Waals surface area contributed by atoms with Crippen molar-refractivity contribution in [1.29, 1.82) is 0 Å². The fraction of sp³-hybridized carbons (Fsp3) is 0.0667. The first kappa shape index (κ1) is 17.5. The van der Waals surface area contributed by atoms with Crippen LogP contribution in [0, 0.1) is 0 Å². The van der Waals surface area contributed by atoms with Crippen molar-refractivity contribution in [2.24, 2.45) is 0 Å². The second-order valence-electron chi connectivity index (χ2n) is 4.88. The number of methoxy groups -OCH3 is 1. The molecule has 7 nitrogen and oxygen atoms in total. The number of hydrogen-bond donors (Lipinski definition) is 2. The Morgan fingerprint density at radius 1 is 1.20 bits per heavy atom. The molecule has 0 saturated heterocycles. The van der Waals surface area contributed by atoms with Gasteiger partial charge < -0.3 is 4.74 Å². The van der Waals surface area contributed by atoms with Crippen molar-refractivity contribution in [3.8, 4) is 16.3 Å². The number of hydrogen-bond acceptors (Lipinski definition) is 6. The third-order valence-corrected chi connectivity index (χ3v) is 6.38. The van der Waals surface area contributed by atoms with Crippen LogP contribution in [0.4, 0.5) is 5.69 Å². The Morgan fingerprint density at radius 3 is 2.68 bits per heavy atom. The summed E-state index contributed by atoms with van der Waals surface area (Å²) in [5.74, 6) is 0.354. The number of nitrogens with zero attached hydrogens (tertiary/aromatic N) is 1. The van der Waals surface area contributed by atoms with Crippen LogP contribution in [0.2, 0.25) is 5.02 Å². The molecule has 0 unspecified atom stereocenters. The average molecular weight is 398 g/mol. The third kappa shape index (κ3) is 3.84. The number of nitrogens with one attached hydrogen (secondary N) is 2. The fourth-order valence-electron chi connectivity index (χ4n) is 2.04. The van der Waals surface area contributed by atoms with Gasteiger partial charge in [0.05, 0.1) is 17.7 Å². The van der Waals surface area contributed by atoms with Gasteiger partial charge >= 0.3 is 0 Å². The van der Waals surface area contributed by atoms with E-state index < -0.39 is 10.0 Å². The minimum Gasteiger partial charge on any atom is -0.495 e. The van der Waals surface area contributed by atoms with Crippen molar-refractivity contribution in [3.05, 3.63) is 57.8 Å². The normalized spacial score (nSPS) is 11.3. The summed E-state index contributed by atoms with van der Waals surface area (Å²) >= 11 is 6.95. The Balaban J connectivity index is 1.92. The Hall–Kier alpha value is -2.36. The molecule has 0 aliphatic heterocycles. The lowest BCUT2D eigenvalue weighted by Gasteiger charge is -2.11. The number of ether oxygens (including phenoxy) is 1. The van der Waals surface area contributed by atoms with Crippen molar-refractivity contribution < 1.29 is 13.2 Å². The Morgan fingerprint density at radius 2 is 2.00 bits per heavy atom. The first-order chi connectivity index (χ1) is 11.9. The minimum atomic E-state index is -3.83. The smallest absolute Gasteiger partial charge is 0.271 e. The van der Waals surface area contributed by atoms with Crippen molar-refractivity contribution in [2.75, 3.05) is 11.8 Å². The summed E-state index contributed by atoms with van der Waals surface area (Å²) in [7, 11) is -2.39. The van der Waals surface area contributed by atoms with E-state index in [2.05, 4.69) is 14.9 Å². The topological polar surface area (TPSA) is 101 Å². The highest BCUT2D eigenvalue weighted by molar-refractivity contribution is 7.94. The van der Waals surface area contributed by atoms with E-state index in [-0.39, 0.29) is 15.5 Å². The lowest BCUT2D eigenvalue weighted by Crippen LogP contribution is -2.12. The number of aromatic nitrogens is 2. The molecular formula is C15H12ClN3O4S2. The van der Waals surface area contributed by atoms with Crippen LogP contribution in [0.25, 0.3) is 10.6 Å². The average Bonchev–Trinajstić information content (AvgIpc) is 3.06. The summed E-state index contributed by atoms with van der Waals surface area (Å²) < 4.78 is 32.9. The van der Waals surface area contributed by atoms with Crippen LogP contribution in [0.3, 0.4) is 0 Å². The van der Waals surface area contributed by atoms with Crippen molar-refractivity contribution in [1.82, 2.24) is 10.2 Å². The second-order valence-corrected chi connectivity index (χ2v) is 8.30. The zero-order chi connectivity index (χ0) is 18.0. The molecule has 2 N–H and O–H groups in total. The Labute approximate surface area is 152 Å². The van der Waals surface area contributed by atoms with Gasteiger partial charge in [-0.1, -0.05) is 11.6 Å². The van der Waals surface area contributed by atoms with Crippen molar-refractivity contribution in [3.63, 3.8) is 0 Å². The van der Waals surface area contributed by atoms with E-state index >= 15 is 0 Å². The first-order valence-corrected chi connectivity index (χ1v) is 9.59. The predicted molar refractivity (Wildman–Crippen MR) is 97.0 cm³/mol. The summed E-state index contributed by atoms with van der Waals surface area (Å²) in [4.78, 5) is 11.7. The van der Waals surface area contributed by atoms with Crippen LogP contribution in [0.15, 0.2) is 51.5 Å². The molecule has 0 saturated carbocycles. The molecule has 3 rings (SSSR count). The molecule has 130 valence electrons. The van der Waals surface area contributed by atoms with Gasteiger partial charge in [0.15, 0.2) is 0 Å². The molecular weight excluding hydrogens is 386 g/mol. The predicted octanol–water partition coefficient (Wildman–Crippen LogP) is 2.96. The standard InChI is InChI=1S/C15H12ClN3O4S2/c1-23-12-4-2-9(16)8-11(12)19-25(21,22)15-7-5-13(24-15)10-3-6-14(20)18-17-10/h2-8,19H,1H3,(H,18,20). The maximum Gasteiger partial charge on any atom is 0.271 e. The summed E-state index contributed by atoms with van der Waals surface area (Å²) in [6, 6.07) is 10.6. The van der Waals surface area contributed by atoms with Crippen LogP contribution in [-0.2, 0) is 10.0 Å². The van der Waals surface area contributed by atoms with Crippen LogP contribution in [-0.4, -0.2) is 25.7 Å². The van der Waals surface area contributed by atoms with E-state index in [0.717, 1.165) is 11.3 Å². The molecule has 3 aromatic rings. The number of H-pyrrole nitrogens is 1. The van der Waals surface area contributed by atoms with E-state index in [1.165, 1.54) is 31.4 Å². The van der Waals surface area contributed by atoms with Gasteiger partial charge in [-0.05, 0) is 36.4 Å². The van der Waals surface area contributed by atoms with Crippen molar-refractivity contribution >= 4 is 38.6 Å². The summed E-state index contributed by atoms with van der Waals surface area (Å²) in [5.41, 5.74) is 0.390. The van der Waals surface area contributed by atoms with E-state index in [0.29, 0.717) is 21.3 Å². The van der Waals surface area contributed by atoms with Gasteiger partial charge in [0.25, 0.3) is 15.6 Å².